The zero-order valence-corrected chi connectivity index (χ0v) is 27.4. The number of aromatic nitrogens is 4. The van der Waals surface area contributed by atoms with Crippen LogP contribution in [0.4, 0.5) is 0 Å². The van der Waals surface area contributed by atoms with Gasteiger partial charge in [-0.1, -0.05) is 30.2 Å². The summed E-state index contributed by atoms with van der Waals surface area (Å²) in [6.07, 6.45) is 9.36. The average Bonchev–Trinajstić information content (AvgIpc) is 3.67. The molecule has 2 aromatic carbocycles. The Morgan fingerprint density at radius 1 is 1.04 bits per heavy atom. The van der Waals surface area contributed by atoms with Crippen LogP contribution in [-0.2, 0) is 16.6 Å². The molecule has 1 amide bonds. The van der Waals surface area contributed by atoms with Crippen molar-refractivity contribution in [2.75, 3.05) is 19.6 Å². The minimum absolute atomic E-state index is 0.250. The van der Waals surface area contributed by atoms with Crippen LogP contribution in [0, 0.1) is 19.8 Å². The minimum atomic E-state index is -0.590. The molecule has 2 bridgehead atoms. The summed E-state index contributed by atoms with van der Waals surface area (Å²) < 4.78 is 1.80. The maximum atomic E-state index is 14.1. The molecule has 0 radical (unpaired) electrons. The maximum absolute atomic E-state index is 14.1. The van der Waals surface area contributed by atoms with E-state index in [1.165, 1.54) is 51.7 Å². The lowest BCUT2D eigenvalue weighted by Gasteiger charge is -2.47. The molecule has 1 aliphatic carbocycles. The quantitative estimate of drug-likeness (QED) is 0.176. The van der Waals surface area contributed by atoms with Crippen LogP contribution in [0.2, 0.25) is 0 Å². The van der Waals surface area contributed by atoms with E-state index >= 15 is 0 Å². The van der Waals surface area contributed by atoms with Gasteiger partial charge in [0.25, 0.3) is 0 Å². The topological polar surface area (TPSA) is 78.3 Å². The molecule has 3 aromatic heterocycles. The number of rotatable bonds is 9. The monoisotopic (exact) mass is 602 g/mol. The Morgan fingerprint density at radius 2 is 1.82 bits per heavy atom. The number of pyridine rings is 1. The van der Waals surface area contributed by atoms with Gasteiger partial charge in [0.2, 0.25) is 5.91 Å². The Morgan fingerprint density at radius 3 is 2.56 bits per heavy atom. The van der Waals surface area contributed by atoms with Crippen LogP contribution in [0.1, 0.15) is 80.2 Å². The second-order valence-electron chi connectivity index (χ2n) is 14.3. The van der Waals surface area contributed by atoms with Crippen LogP contribution in [0.5, 0.6) is 0 Å². The molecule has 0 unspecified atom stereocenters. The van der Waals surface area contributed by atoms with Crippen molar-refractivity contribution in [3.8, 4) is 11.3 Å². The predicted molar refractivity (Wildman–Crippen MR) is 182 cm³/mol. The number of carbonyl (C=O) groups is 1. The van der Waals surface area contributed by atoms with Gasteiger partial charge in [-0.3, -0.25) is 4.79 Å². The zero-order chi connectivity index (χ0) is 31.3. The summed E-state index contributed by atoms with van der Waals surface area (Å²) in [5.74, 6) is 1.20. The van der Waals surface area contributed by atoms with Crippen molar-refractivity contribution in [3.63, 3.8) is 0 Å². The largest absolute Gasteiger partial charge is 0.354 e. The average molecular weight is 603 g/mol. The highest BCUT2D eigenvalue weighted by atomic mass is 16.2. The Labute approximate surface area is 266 Å². The summed E-state index contributed by atoms with van der Waals surface area (Å²) in [5, 5.41) is 9.16. The second kappa shape index (κ2) is 11.8. The molecule has 7 heteroatoms. The fourth-order valence-electron chi connectivity index (χ4n) is 7.92. The predicted octanol–water partition coefficient (Wildman–Crippen LogP) is 7.11. The van der Waals surface area contributed by atoms with Gasteiger partial charge >= 0.3 is 0 Å². The van der Waals surface area contributed by atoms with Crippen LogP contribution in [0.15, 0.2) is 61.1 Å². The summed E-state index contributed by atoms with van der Waals surface area (Å²) >= 11 is 0. The first kappa shape index (κ1) is 29.7. The Bertz CT molecular complexity index is 1840. The Hall–Kier alpha value is -3.97. The van der Waals surface area contributed by atoms with Gasteiger partial charge in [-0.25, -0.2) is 9.50 Å². The van der Waals surface area contributed by atoms with E-state index in [0.29, 0.717) is 12.0 Å². The zero-order valence-electron chi connectivity index (χ0n) is 27.4. The highest BCUT2D eigenvalue weighted by Gasteiger charge is 2.42. The lowest BCUT2D eigenvalue weighted by molar-refractivity contribution is -0.144. The number of nitrogens with zero attached hydrogens (tertiary/aromatic N) is 4. The molecule has 2 saturated heterocycles. The highest BCUT2D eigenvalue weighted by molar-refractivity contribution is 5.94. The first-order chi connectivity index (χ1) is 21.7. The van der Waals surface area contributed by atoms with Crippen LogP contribution in [0.25, 0.3) is 27.8 Å². The third-order valence-electron chi connectivity index (χ3n) is 10.5. The summed E-state index contributed by atoms with van der Waals surface area (Å²) in [5.41, 5.74) is 9.98. The molecule has 3 fully saturated rings. The number of piperidine rings is 2. The number of nitrogens with one attached hydrogen (secondary N) is 2. The van der Waals surface area contributed by atoms with Gasteiger partial charge in [0, 0.05) is 36.2 Å². The lowest BCUT2D eigenvalue weighted by Crippen LogP contribution is -2.55. The number of H-pyrrole nitrogens is 1. The van der Waals surface area contributed by atoms with Gasteiger partial charge in [0.05, 0.1) is 11.1 Å². The molecular formula is C38H46N6O. The van der Waals surface area contributed by atoms with Crippen molar-refractivity contribution in [1.29, 1.82) is 0 Å². The van der Waals surface area contributed by atoms with E-state index in [0.717, 1.165) is 55.6 Å². The number of hydrogen-bond donors (Lipinski definition) is 2. The molecule has 8 rings (SSSR count). The molecule has 45 heavy (non-hydrogen) atoms. The van der Waals surface area contributed by atoms with Crippen molar-refractivity contribution < 1.29 is 4.79 Å². The van der Waals surface area contributed by atoms with E-state index in [1.54, 1.807) is 10.8 Å². The Kier molecular flexibility index (Phi) is 7.76. The van der Waals surface area contributed by atoms with Gasteiger partial charge in [-0.15, -0.1) is 0 Å². The number of hydrogen-bond acceptors (Lipinski definition) is 4. The molecule has 5 heterocycles. The van der Waals surface area contributed by atoms with Crippen molar-refractivity contribution >= 4 is 22.5 Å². The van der Waals surface area contributed by atoms with Crippen LogP contribution >= 0.6 is 0 Å². The van der Waals surface area contributed by atoms with E-state index in [4.69, 9.17) is 0 Å². The number of aryl methyl sites for hydroxylation is 2. The van der Waals surface area contributed by atoms with E-state index in [1.807, 2.05) is 6.20 Å². The number of fused-ring (bicyclic) bond motifs is 5. The third kappa shape index (κ3) is 5.67. The second-order valence-corrected chi connectivity index (χ2v) is 14.3. The fourth-order valence-corrected chi connectivity index (χ4v) is 7.92. The first-order valence-corrected chi connectivity index (χ1v) is 16.7. The molecule has 0 spiro atoms. The summed E-state index contributed by atoms with van der Waals surface area (Å²) in [7, 11) is 0. The van der Waals surface area contributed by atoms with Crippen LogP contribution < -0.4 is 5.32 Å². The van der Waals surface area contributed by atoms with Crippen molar-refractivity contribution in [3.05, 3.63) is 88.9 Å². The van der Waals surface area contributed by atoms with Crippen molar-refractivity contribution in [2.45, 2.75) is 84.1 Å². The highest BCUT2D eigenvalue weighted by Crippen LogP contribution is 2.41. The summed E-state index contributed by atoms with van der Waals surface area (Å²) in [6, 6.07) is 18.1. The molecule has 2 aliphatic heterocycles. The standard InChI is InChI=1S/C38H46N6O/c1-24-16-25(2)18-29(17-24)36-35(26(3)21-39-14-12-27-13-15-44-34(19-27)40-23-41-44)32-20-30(8-11-33(32)42-36)38(4,5)37(45)43-22-28-6-9-31(43)10-7-28/h8,11,13,15-20,23,26,28,31,39,42H,6-7,9-10,12,14,21-22H2,1-5H3/t26-,28?,31?/m1/s1. The van der Waals surface area contributed by atoms with E-state index in [9.17, 15) is 4.79 Å². The van der Waals surface area contributed by atoms with E-state index < -0.39 is 5.41 Å². The minimum Gasteiger partial charge on any atom is -0.354 e. The fraction of sp³-hybridized carbons (Fsp3) is 0.447. The van der Waals surface area contributed by atoms with Crippen LogP contribution in [-0.4, -0.2) is 56.1 Å². The van der Waals surface area contributed by atoms with Gasteiger partial charge in [0.1, 0.15) is 6.33 Å². The molecule has 1 atom stereocenters. The normalized spacial score (nSPS) is 19.1. The van der Waals surface area contributed by atoms with Gasteiger partial charge in [0.15, 0.2) is 5.65 Å². The summed E-state index contributed by atoms with van der Waals surface area (Å²) in [4.78, 5) is 24.5. The van der Waals surface area contributed by atoms with E-state index in [-0.39, 0.29) is 11.8 Å². The van der Waals surface area contributed by atoms with Gasteiger partial charge in [-0.2, -0.15) is 5.10 Å². The van der Waals surface area contributed by atoms with Crippen LogP contribution in [0.3, 0.4) is 0 Å². The molecule has 1 saturated carbocycles. The lowest BCUT2D eigenvalue weighted by atomic mass is 9.76. The Balaban J connectivity index is 1.18. The summed E-state index contributed by atoms with van der Waals surface area (Å²) in [6.45, 7) is 13.5. The number of aromatic amines is 1. The molecular weight excluding hydrogens is 556 g/mol. The first-order valence-electron chi connectivity index (χ1n) is 16.7. The molecule has 5 aromatic rings. The van der Waals surface area contributed by atoms with Gasteiger partial charge in [-0.05, 0) is 137 Å². The number of amides is 1. The number of carbonyl (C=O) groups excluding carboxylic acids is 1. The third-order valence-corrected chi connectivity index (χ3v) is 10.5. The van der Waals surface area contributed by atoms with E-state index in [2.05, 4.69) is 108 Å². The van der Waals surface area contributed by atoms with Crippen molar-refractivity contribution in [2.24, 2.45) is 5.92 Å². The SMILES string of the molecule is Cc1cc(C)cc(-c2[nH]c3ccc(C(C)(C)C(=O)N4CC5CCC4CC5)cc3c2[C@H](C)CNCCc2ccn3ncnc3c2)c1. The molecule has 234 valence electrons. The number of benzene rings is 2. The molecule has 3 aliphatic rings. The maximum Gasteiger partial charge on any atom is 0.232 e. The van der Waals surface area contributed by atoms with Gasteiger partial charge < -0.3 is 15.2 Å². The molecule has 7 nitrogen and oxygen atoms in total. The molecule has 2 N–H and O–H groups in total. The van der Waals surface area contributed by atoms with Crippen molar-refractivity contribution in [1.82, 2.24) is 29.8 Å². The smallest absolute Gasteiger partial charge is 0.232 e.